The number of thiazole rings is 1. The first-order chi connectivity index (χ1) is 11.0. The normalized spacial score (nSPS) is 13.7. The predicted molar refractivity (Wildman–Crippen MR) is 90.5 cm³/mol. The SMILES string of the molecule is Cn1cc(C(C)(O)CNC(=O)c2csc(-c3cccs3)n2)cn1. The second kappa shape index (κ2) is 6.23. The summed E-state index contributed by atoms with van der Waals surface area (Å²) in [6.07, 6.45) is 3.31. The van der Waals surface area contributed by atoms with E-state index in [1.165, 1.54) is 11.3 Å². The average Bonchev–Trinajstić information content (AvgIpc) is 3.24. The van der Waals surface area contributed by atoms with Crippen LogP contribution in [0.15, 0.2) is 35.3 Å². The van der Waals surface area contributed by atoms with Crippen LogP contribution in [-0.2, 0) is 12.6 Å². The standard InChI is InChI=1S/C15H16N4O2S2/c1-15(21,10-6-17-19(2)7-10)9-16-13(20)11-8-23-14(18-11)12-4-3-5-22-12/h3-8,21H,9H2,1-2H3,(H,16,20). The van der Waals surface area contributed by atoms with Gasteiger partial charge in [0.2, 0.25) is 0 Å². The van der Waals surface area contributed by atoms with Gasteiger partial charge in [0, 0.05) is 24.2 Å². The summed E-state index contributed by atoms with van der Waals surface area (Å²) >= 11 is 3.02. The van der Waals surface area contributed by atoms with E-state index in [0.717, 1.165) is 9.88 Å². The lowest BCUT2D eigenvalue weighted by Crippen LogP contribution is -2.38. The maximum atomic E-state index is 12.2. The van der Waals surface area contributed by atoms with E-state index < -0.39 is 5.60 Å². The zero-order valence-corrected chi connectivity index (χ0v) is 14.3. The molecule has 0 aliphatic carbocycles. The summed E-state index contributed by atoms with van der Waals surface area (Å²) in [5.41, 5.74) is -0.172. The quantitative estimate of drug-likeness (QED) is 0.741. The lowest BCUT2D eigenvalue weighted by atomic mass is 10.00. The molecule has 3 aromatic rings. The van der Waals surface area contributed by atoms with Crippen molar-refractivity contribution in [3.63, 3.8) is 0 Å². The van der Waals surface area contributed by atoms with Gasteiger partial charge in [0.05, 0.1) is 17.6 Å². The first-order valence-corrected chi connectivity index (χ1v) is 8.71. The minimum atomic E-state index is -1.18. The largest absolute Gasteiger partial charge is 0.383 e. The molecule has 3 heterocycles. The van der Waals surface area contributed by atoms with E-state index in [4.69, 9.17) is 0 Å². The van der Waals surface area contributed by atoms with Crippen LogP contribution < -0.4 is 5.32 Å². The summed E-state index contributed by atoms with van der Waals surface area (Å²) < 4.78 is 1.61. The van der Waals surface area contributed by atoms with E-state index in [0.29, 0.717) is 11.3 Å². The minimum absolute atomic E-state index is 0.0867. The Morgan fingerprint density at radius 1 is 1.48 bits per heavy atom. The molecule has 0 aliphatic rings. The fourth-order valence-corrected chi connectivity index (χ4v) is 3.65. The van der Waals surface area contributed by atoms with Crippen molar-refractivity contribution < 1.29 is 9.90 Å². The van der Waals surface area contributed by atoms with Crippen molar-refractivity contribution in [2.45, 2.75) is 12.5 Å². The molecule has 1 unspecified atom stereocenters. The Kier molecular flexibility index (Phi) is 4.29. The molecule has 0 fully saturated rings. The molecule has 0 radical (unpaired) electrons. The number of thiophene rings is 1. The Bertz CT molecular complexity index is 805. The van der Waals surface area contributed by atoms with Crippen LogP contribution in [-0.4, -0.2) is 32.3 Å². The molecule has 0 bridgehead atoms. The van der Waals surface area contributed by atoms with Crippen LogP contribution in [0.3, 0.4) is 0 Å². The lowest BCUT2D eigenvalue weighted by Gasteiger charge is -2.21. The smallest absolute Gasteiger partial charge is 0.270 e. The number of rotatable bonds is 5. The molecule has 23 heavy (non-hydrogen) atoms. The van der Waals surface area contributed by atoms with Crippen molar-refractivity contribution in [1.82, 2.24) is 20.1 Å². The molecule has 3 rings (SSSR count). The summed E-state index contributed by atoms with van der Waals surface area (Å²) in [7, 11) is 1.78. The number of nitrogens with one attached hydrogen (secondary N) is 1. The van der Waals surface area contributed by atoms with Gasteiger partial charge in [-0.25, -0.2) is 4.98 Å². The van der Waals surface area contributed by atoms with E-state index in [1.54, 1.807) is 47.8 Å². The zero-order valence-electron chi connectivity index (χ0n) is 12.7. The molecule has 1 atom stereocenters. The third-order valence-electron chi connectivity index (χ3n) is 3.39. The van der Waals surface area contributed by atoms with E-state index in [9.17, 15) is 9.90 Å². The molecule has 0 saturated heterocycles. The second-order valence-electron chi connectivity index (χ2n) is 5.37. The van der Waals surface area contributed by atoms with Crippen molar-refractivity contribution in [2.75, 3.05) is 6.54 Å². The Labute approximate surface area is 141 Å². The predicted octanol–water partition coefficient (Wildman–Crippen LogP) is 2.24. The van der Waals surface area contributed by atoms with Crippen LogP contribution >= 0.6 is 22.7 Å². The molecule has 120 valence electrons. The number of aromatic nitrogens is 3. The van der Waals surface area contributed by atoms with Gasteiger partial charge in [-0.3, -0.25) is 9.48 Å². The van der Waals surface area contributed by atoms with E-state index in [2.05, 4.69) is 15.4 Å². The van der Waals surface area contributed by atoms with Crippen molar-refractivity contribution in [3.05, 3.63) is 46.5 Å². The van der Waals surface area contributed by atoms with Crippen molar-refractivity contribution in [2.24, 2.45) is 7.05 Å². The Balaban J connectivity index is 1.65. The van der Waals surface area contributed by atoms with Gasteiger partial charge < -0.3 is 10.4 Å². The molecule has 0 aromatic carbocycles. The van der Waals surface area contributed by atoms with Gasteiger partial charge >= 0.3 is 0 Å². The molecule has 2 N–H and O–H groups in total. The maximum Gasteiger partial charge on any atom is 0.270 e. The molecule has 8 heteroatoms. The monoisotopic (exact) mass is 348 g/mol. The van der Waals surface area contributed by atoms with Gasteiger partial charge in [-0.05, 0) is 18.4 Å². The van der Waals surface area contributed by atoms with Crippen LogP contribution in [0.2, 0.25) is 0 Å². The summed E-state index contributed by atoms with van der Waals surface area (Å²) in [4.78, 5) is 17.6. The molecule has 6 nitrogen and oxygen atoms in total. The van der Waals surface area contributed by atoms with Gasteiger partial charge in [-0.2, -0.15) is 5.10 Å². The maximum absolute atomic E-state index is 12.2. The van der Waals surface area contributed by atoms with Gasteiger partial charge in [-0.1, -0.05) is 6.07 Å². The summed E-state index contributed by atoms with van der Waals surface area (Å²) in [5.74, 6) is -0.298. The number of aliphatic hydroxyl groups is 1. The highest BCUT2D eigenvalue weighted by molar-refractivity contribution is 7.20. The van der Waals surface area contributed by atoms with Crippen molar-refractivity contribution in [3.8, 4) is 9.88 Å². The molecule has 1 amide bonds. The van der Waals surface area contributed by atoms with Gasteiger partial charge in [0.25, 0.3) is 5.91 Å². The third kappa shape index (κ3) is 3.49. The Morgan fingerprint density at radius 3 is 2.96 bits per heavy atom. The third-order valence-corrected chi connectivity index (χ3v) is 5.27. The highest BCUT2D eigenvalue weighted by atomic mass is 32.1. The molecule has 3 aromatic heterocycles. The number of amides is 1. The highest BCUT2D eigenvalue weighted by Gasteiger charge is 2.26. The van der Waals surface area contributed by atoms with Crippen molar-refractivity contribution >= 4 is 28.6 Å². The van der Waals surface area contributed by atoms with E-state index in [-0.39, 0.29) is 12.5 Å². The molecular formula is C15H16N4O2S2. The Morgan fingerprint density at radius 2 is 2.30 bits per heavy atom. The fourth-order valence-electron chi connectivity index (χ4n) is 2.04. The summed E-state index contributed by atoms with van der Waals surface area (Å²) in [6, 6.07) is 3.92. The van der Waals surface area contributed by atoms with Crippen LogP contribution in [0.25, 0.3) is 9.88 Å². The van der Waals surface area contributed by atoms with E-state index >= 15 is 0 Å². The first-order valence-electron chi connectivity index (χ1n) is 6.95. The van der Waals surface area contributed by atoms with E-state index in [1.807, 2.05) is 17.5 Å². The van der Waals surface area contributed by atoms with Gasteiger partial charge in [0.15, 0.2) is 0 Å². The number of carbonyl (C=O) groups excluding carboxylic acids is 1. The molecule has 0 saturated carbocycles. The average molecular weight is 348 g/mol. The van der Waals surface area contributed by atoms with Crippen LogP contribution in [0.4, 0.5) is 0 Å². The first kappa shape index (κ1) is 15.9. The fraction of sp³-hybridized carbons (Fsp3) is 0.267. The number of nitrogens with zero attached hydrogens (tertiary/aromatic N) is 3. The van der Waals surface area contributed by atoms with Gasteiger partial charge in [-0.15, -0.1) is 22.7 Å². The number of hydrogen-bond donors (Lipinski definition) is 2. The molecule has 0 aliphatic heterocycles. The lowest BCUT2D eigenvalue weighted by molar-refractivity contribution is 0.0524. The van der Waals surface area contributed by atoms with Crippen LogP contribution in [0, 0.1) is 0 Å². The number of aryl methyl sites for hydroxylation is 1. The zero-order chi connectivity index (χ0) is 16.4. The van der Waals surface area contributed by atoms with Crippen molar-refractivity contribution in [1.29, 1.82) is 0 Å². The molecular weight excluding hydrogens is 332 g/mol. The molecule has 0 spiro atoms. The Hall–Kier alpha value is -2.03. The summed E-state index contributed by atoms with van der Waals surface area (Å²) in [6.45, 7) is 1.73. The second-order valence-corrected chi connectivity index (χ2v) is 7.18. The topological polar surface area (TPSA) is 80.0 Å². The highest BCUT2D eigenvalue weighted by Crippen LogP contribution is 2.27. The van der Waals surface area contributed by atoms with Gasteiger partial charge in [0.1, 0.15) is 16.3 Å². The number of carbonyl (C=O) groups is 1. The van der Waals surface area contributed by atoms with Crippen LogP contribution in [0.1, 0.15) is 23.0 Å². The summed E-state index contributed by atoms with van der Waals surface area (Å²) in [5, 5.41) is 21.8. The van der Waals surface area contributed by atoms with Crippen LogP contribution in [0.5, 0.6) is 0 Å². The number of hydrogen-bond acceptors (Lipinski definition) is 6. The minimum Gasteiger partial charge on any atom is -0.383 e.